The van der Waals surface area contributed by atoms with Gasteiger partial charge in [0, 0.05) is 6.92 Å². The first-order valence-corrected chi connectivity index (χ1v) is 7.69. The van der Waals surface area contributed by atoms with Gasteiger partial charge in [-0.3, -0.25) is 4.79 Å². The summed E-state index contributed by atoms with van der Waals surface area (Å²) in [5.41, 5.74) is -0.0846. The largest absolute Gasteiger partial charge is 0.457 e. The second-order valence-corrected chi connectivity index (χ2v) is 6.68. The third-order valence-electron chi connectivity index (χ3n) is 3.20. The summed E-state index contributed by atoms with van der Waals surface area (Å²) >= 11 is 1.69. The van der Waals surface area contributed by atoms with Crippen molar-refractivity contribution < 1.29 is 23.7 Å². The molecule has 0 amide bonds. The van der Waals surface area contributed by atoms with Crippen molar-refractivity contribution >= 4 is 17.7 Å². The Hall–Kier alpha value is -0.300. The monoisotopic (exact) mass is 290 g/mol. The molecule has 2 heterocycles. The lowest BCUT2D eigenvalue weighted by atomic mass is 10.0. The molecule has 2 aliphatic heterocycles. The first-order chi connectivity index (χ1) is 8.84. The average molecular weight is 290 g/mol. The van der Waals surface area contributed by atoms with Crippen molar-refractivity contribution in [1.29, 1.82) is 0 Å². The highest BCUT2D eigenvalue weighted by Crippen LogP contribution is 2.41. The molecule has 0 aromatic heterocycles. The van der Waals surface area contributed by atoms with Gasteiger partial charge in [-0.1, -0.05) is 6.92 Å². The summed E-state index contributed by atoms with van der Waals surface area (Å²) in [6.45, 7) is 9.12. The van der Waals surface area contributed by atoms with Crippen LogP contribution in [0, 0.1) is 0 Å². The summed E-state index contributed by atoms with van der Waals surface area (Å²) in [4.78, 5) is 11.2. The average Bonchev–Trinajstić information content (AvgIpc) is 2.60. The number of thioether (sulfide) groups is 1. The minimum atomic E-state index is -0.673. The highest BCUT2D eigenvalue weighted by molar-refractivity contribution is 7.99. The number of hydrogen-bond acceptors (Lipinski definition) is 6. The Morgan fingerprint density at radius 1 is 1.32 bits per heavy atom. The summed E-state index contributed by atoms with van der Waals surface area (Å²) in [5.74, 6) is -0.0647. The number of carbonyl (C=O) groups is 1. The lowest BCUT2D eigenvalue weighted by Crippen LogP contribution is -2.55. The van der Waals surface area contributed by atoms with Gasteiger partial charge >= 0.3 is 5.97 Å². The van der Waals surface area contributed by atoms with Crippen molar-refractivity contribution in [3.63, 3.8) is 0 Å². The fourth-order valence-corrected chi connectivity index (χ4v) is 3.55. The number of ether oxygens (including phenoxy) is 4. The highest BCUT2D eigenvalue weighted by atomic mass is 32.2. The molecule has 5 nitrogen and oxygen atoms in total. The second-order valence-electron chi connectivity index (χ2n) is 5.30. The van der Waals surface area contributed by atoms with Crippen LogP contribution in [0.15, 0.2) is 0 Å². The van der Waals surface area contributed by atoms with Crippen LogP contribution in [0.5, 0.6) is 0 Å². The van der Waals surface area contributed by atoms with Gasteiger partial charge in [-0.2, -0.15) is 0 Å². The topological polar surface area (TPSA) is 54.0 Å². The molecule has 0 aromatic carbocycles. The van der Waals surface area contributed by atoms with Crippen LogP contribution in [-0.2, 0) is 23.7 Å². The van der Waals surface area contributed by atoms with Crippen LogP contribution in [-0.4, -0.2) is 47.4 Å². The van der Waals surface area contributed by atoms with Gasteiger partial charge in [0.15, 0.2) is 11.9 Å². The van der Waals surface area contributed by atoms with Gasteiger partial charge in [0.1, 0.15) is 17.6 Å². The molecule has 0 aliphatic carbocycles. The fourth-order valence-electron chi connectivity index (χ4n) is 2.57. The molecule has 2 aliphatic rings. The minimum absolute atomic E-state index is 0.0846. The molecule has 2 rings (SSSR count). The normalized spacial score (nSPS) is 40.8. The smallest absolute Gasteiger partial charge is 0.303 e. The lowest BCUT2D eigenvalue weighted by Gasteiger charge is -2.40. The molecule has 2 fully saturated rings. The summed E-state index contributed by atoms with van der Waals surface area (Å²) in [6.07, 6.45) is -1.10. The van der Waals surface area contributed by atoms with Gasteiger partial charge in [0.2, 0.25) is 0 Å². The molecule has 19 heavy (non-hydrogen) atoms. The second kappa shape index (κ2) is 5.60. The van der Waals surface area contributed by atoms with Crippen molar-refractivity contribution in [2.75, 3.05) is 5.75 Å². The van der Waals surface area contributed by atoms with E-state index >= 15 is 0 Å². The van der Waals surface area contributed by atoms with Crippen molar-refractivity contribution in [2.24, 2.45) is 0 Å². The van der Waals surface area contributed by atoms with E-state index in [4.69, 9.17) is 18.9 Å². The Labute approximate surface area is 118 Å². The van der Waals surface area contributed by atoms with Gasteiger partial charge < -0.3 is 18.9 Å². The third-order valence-corrected chi connectivity index (χ3v) is 4.24. The maximum Gasteiger partial charge on any atom is 0.303 e. The number of hydrogen-bond donors (Lipinski definition) is 0. The molecule has 0 radical (unpaired) electrons. The van der Waals surface area contributed by atoms with Crippen LogP contribution in [0.3, 0.4) is 0 Å². The number of esters is 1. The molecule has 2 saturated heterocycles. The first kappa shape index (κ1) is 15.1. The predicted molar refractivity (Wildman–Crippen MR) is 71.8 cm³/mol. The van der Waals surface area contributed by atoms with Crippen LogP contribution < -0.4 is 0 Å². The van der Waals surface area contributed by atoms with Gasteiger partial charge in [0.05, 0.1) is 6.10 Å². The Bertz CT molecular complexity index is 346. The Balaban J connectivity index is 2.19. The van der Waals surface area contributed by atoms with Crippen molar-refractivity contribution in [3.8, 4) is 0 Å². The highest BCUT2D eigenvalue weighted by Gasteiger charge is 2.55. The van der Waals surface area contributed by atoms with E-state index in [9.17, 15) is 4.79 Å². The number of rotatable bonds is 3. The van der Waals surface area contributed by atoms with E-state index < -0.39 is 11.9 Å². The lowest BCUT2D eigenvalue weighted by molar-refractivity contribution is -0.190. The van der Waals surface area contributed by atoms with Crippen LogP contribution in [0.2, 0.25) is 0 Å². The predicted octanol–water partition coefficient (Wildman–Crippen LogP) is 1.94. The van der Waals surface area contributed by atoms with E-state index in [1.165, 1.54) is 6.92 Å². The molecule has 6 heteroatoms. The van der Waals surface area contributed by atoms with Gasteiger partial charge in [-0.25, -0.2) is 0 Å². The fraction of sp³-hybridized carbons (Fsp3) is 0.923. The van der Waals surface area contributed by atoms with Gasteiger partial charge in [0.25, 0.3) is 0 Å². The maximum atomic E-state index is 11.2. The van der Waals surface area contributed by atoms with Crippen LogP contribution in [0.25, 0.3) is 0 Å². The Kier molecular flexibility index (Phi) is 4.45. The first-order valence-electron chi connectivity index (χ1n) is 6.64. The van der Waals surface area contributed by atoms with E-state index in [0.29, 0.717) is 0 Å². The maximum absolute atomic E-state index is 11.2. The van der Waals surface area contributed by atoms with Crippen molar-refractivity contribution in [1.82, 2.24) is 0 Å². The van der Waals surface area contributed by atoms with E-state index in [2.05, 4.69) is 6.92 Å². The molecule has 0 aromatic rings. The summed E-state index contributed by atoms with van der Waals surface area (Å²) in [7, 11) is 0. The van der Waals surface area contributed by atoms with Crippen molar-refractivity contribution in [2.45, 2.75) is 70.3 Å². The van der Waals surface area contributed by atoms with E-state index in [1.54, 1.807) is 11.8 Å². The van der Waals surface area contributed by atoms with Crippen LogP contribution >= 0.6 is 11.8 Å². The van der Waals surface area contributed by atoms with E-state index in [1.807, 2.05) is 20.8 Å². The summed E-state index contributed by atoms with van der Waals surface area (Å²) in [6, 6.07) is 0. The molecule has 5 atom stereocenters. The van der Waals surface area contributed by atoms with Gasteiger partial charge in [-0.15, -0.1) is 11.8 Å². The number of carbonyl (C=O) groups excluding carboxylic acids is 1. The zero-order valence-electron chi connectivity index (χ0n) is 12.0. The standard InChI is InChI=1S/C13H22O5S/c1-6-19-12-11-10(17-13(4,5)18-11)9(7(2)15-12)16-8(3)14/h7,9-12H,6H2,1-5H3/t7?,9-,10?,11?,12-/m0/s1. The molecular weight excluding hydrogens is 268 g/mol. The third kappa shape index (κ3) is 3.24. The zero-order chi connectivity index (χ0) is 14.2. The quantitative estimate of drug-likeness (QED) is 0.740. The molecular formula is C13H22O5S. The minimum Gasteiger partial charge on any atom is -0.457 e. The molecule has 0 saturated carbocycles. The molecule has 110 valence electrons. The van der Waals surface area contributed by atoms with E-state index in [-0.39, 0.29) is 29.7 Å². The van der Waals surface area contributed by atoms with Crippen LogP contribution in [0.4, 0.5) is 0 Å². The molecule has 3 unspecified atom stereocenters. The summed E-state index contributed by atoms with van der Waals surface area (Å²) < 4.78 is 23.1. The SMILES string of the molecule is CCS[C@@H]1OC(C)[C@H](OC(C)=O)C2OC(C)(C)OC21. The zero-order valence-corrected chi connectivity index (χ0v) is 12.9. The molecule has 0 bridgehead atoms. The molecule has 0 spiro atoms. The number of fused-ring (bicyclic) bond motifs is 1. The van der Waals surface area contributed by atoms with Crippen molar-refractivity contribution in [3.05, 3.63) is 0 Å². The molecule has 0 N–H and O–H groups in total. The Morgan fingerprint density at radius 2 is 1.95 bits per heavy atom. The Morgan fingerprint density at radius 3 is 2.53 bits per heavy atom. The van der Waals surface area contributed by atoms with Crippen LogP contribution in [0.1, 0.15) is 34.6 Å². The van der Waals surface area contributed by atoms with Gasteiger partial charge in [-0.05, 0) is 26.5 Å². The van der Waals surface area contributed by atoms with E-state index in [0.717, 1.165) is 5.75 Å². The summed E-state index contributed by atoms with van der Waals surface area (Å²) in [5, 5.41) is 0.